The molecule has 1 aromatic rings. The van der Waals surface area contributed by atoms with E-state index in [0.717, 1.165) is 24.5 Å². The maximum absolute atomic E-state index is 5.61. The summed E-state index contributed by atoms with van der Waals surface area (Å²) in [5, 5.41) is 4.51. The van der Waals surface area contributed by atoms with Crippen molar-refractivity contribution < 1.29 is 4.74 Å². The van der Waals surface area contributed by atoms with E-state index in [-0.39, 0.29) is 11.5 Å². The van der Waals surface area contributed by atoms with Gasteiger partial charge in [0.15, 0.2) is 0 Å². The molecule has 1 unspecified atom stereocenters. The molecule has 0 saturated carbocycles. The minimum absolute atomic E-state index is 0.0998. The molecule has 3 nitrogen and oxygen atoms in total. The van der Waals surface area contributed by atoms with Crippen LogP contribution in [0, 0.1) is 5.41 Å². The van der Waals surface area contributed by atoms with Gasteiger partial charge >= 0.3 is 0 Å². The van der Waals surface area contributed by atoms with Crippen LogP contribution in [-0.2, 0) is 17.7 Å². The summed E-state index contributed by atoms with van der Waals surface area (Å²) in [6.07, 6.45) is 1.15. The van der Waals surface area contributed by atoms with Crippen LogP contribution >= 0.6 is 11.3 Å². The van der Waals surface area contributed by atoms with Gasteiger partial charge in [0.2, 0.25) is 0 Å². The molecule has 0 saturated heterocycles. The Kier molecular flexibility index (Phi) is 3.33. The molecule has 1 aliphatic heterocycles. The van der Waals surface area contributed by atoms with Crippen molar-refractivity contribution in [3.05, 3.63) is 15.6 Å². The Labute approximate surface area is 101 Å². The number of fused-ring (bicyclic) bond motifs is 1. The van der Waals surface area contributed by atoms with Gasteiger partial charge in [0.05, 0.1) is 5.69 Å². The minimum atomic E-state index is 0.0998. The minimum Gasteiger partial charge on any atom is -0.374 e. The first kappa shape index (κ1) is 12.0. The molecule has 1 aliphatic rings. The molecule has 0 aromatic carbocycles. The number of rotatable bonds is 2. The van der Waals surface area contributed by atoms with Crippen LogP contribution in [-0.4, -0.2) is 18.6 Å². The van der Waals surface area contributed by atoms with Gasteiger partial charge < -0.3 is 10.1 Å². The molecule has 2 rings (SSSR count). The molecule has 1 atom stereocenters. The first-order chi connectivity index (χ1) is 7.52. The smallest absolute Gasteiger partial charge is 0.123 e. The maximum Gasteiger partial charge on any atom is 0.123 e. The van der Waals surface area contributed by atoms with Crippen molar-refractivity contribution in [3.8, 4) is 0 Å². The first-order valence-corrected chi connectivity index (χ1v) is 6.56. The first-order valence-electron chi connectivity index (χ1n) is 5.74. The van der Waals surface area contributed by atoms with Gasteiger partial charge in [-0.25, -0.2) is 4.98 Å². The summed E-state index contributed by atoms with van der Waals surface area (Å²) >= 11 is 1.80. The number of methoxy groups -OCH3 is 1. The number of hydrogen-bond donors (Lipinski definition) is 1. The summed E-state index contributed by atoms with van der Waals surface area (Å²) < 4.78 is 5.61. The van der Waals surface area contributed by atoms with E-state index >= 15 is 0 Å². The third kappa shape index (κ3) is 2.29. The average Bonchev–Trinajstić information content (AvgIpc) is 2.59. The van der Waals surface area contributed by atoms with Gasteiger partial charge in [0, 0.05) is 31.5 Å². The topological polar surface area (TPSA) is 34.1 Å². The highest BCUT2D eigenvalue weighted by atomic mass is 32.1. The fourth-order valence-corrected chi connectivity index (χ4v) is 3.49. The van der Waals surface area contributed by atoms with E-state index in [1.165, 1.54) is 10.6 Å². The molecule has 0 aliphatic carbocycles. The Morgan fingerprint density at radius 3 is 2.75 bits per heavy atom. The maximum atomic E-state index is 5.61. The lowest BCUT2D eigenvalue weighted by Crippen LogP contribution is -2.22. The Morgan fingerprint density at radius 1 is 1.44 bits per heavy atom. The molecule has 0 amide bonds. The van der Waals surface area contributed by atoms with Gasteiger partial charge in [0.1, 0.15) is 11.1 Å². The molecular weight excluding hydrogens is 220 g/mol. The quantitative estimate of drug-likeness (QED) is 0.862. The van der Waals surface area contributed by atoms with Crippen molar-refractivity contribution in [3.63, 3.8) is 0 Å². The summed E-state index contributed by atoms with van der Waals surface area (Å²) in [6.45, 7) is 8.59. The van der Waals surface area contributed by atoms with Crippen LogP contribution in [0.25, 0.3) is 0 Å². The van der Waals surface area contributed by atoms with E-state index in [0.29, 0.717) is 0 Å². The lowest BCUT2D eigenvalue weighted by atomic mass is 9.89. The van der Waals surface area contributed by atoms with Crippen LogP contribution in [0.4, 0.5) is 0 Å². The highest BCUT2D eigenvalue weighted by Gasteiger charge is 2.30. The summed E-state index contributed by atoms with van der Waals surface area (Å²) in [7, 11) is 1.77. The van der Waals surface area contributed by atoms with E-state index in [1.54, 1.807) is 18.4 Å². The van der Waals surface area contributed by atoms with E-state index in [2.05, 4.69) is 26.1 Å². The molecule has 90 valence electrons. The van der Waals surface area contributed by atoms with E-state index in [1.807, 2.05) is 0 Å². The summed E-state index contributed by atoms with van der Waals surface area (Å²) in [6, 6.07) is 0. The van der Waals surface area contributed by atoms with Crippen molar-refractivity contribution in [2.24, 2.45) is 5.41 Å². The van der Waals surface area contributed by atoms with Crippen LogP contribution in [0.1, 0.15) is 42.5 Å². The van der Waals surface area contributed by atoms with Gasteiger partial charge in [-0.15, -0.1) is 11.3 Å². The van der Waals surface area contributed by atoms with Gasteiger partial charge in [-0.1, -0.05) is 20.8 Å². The second-order valence-electron chi connectivity index (χ2n) is 5.33. The van der Waals surface area contributed by atoms with Gasteiger partial charge in [0.25, 0.3) is 0 Å². The van der Waals surface area contributed by atoms with Crippen molar-refractivity contribution in [2.45, 2.75) is 39.8 Å². The number of hydrogen-bond acceptors (Lipinski definition) is 4. The van der Waals surface area contributed by atoms with Crippen LogP contribution in [0.3, 0.4) is 0 Å². The summed E-state index contributed by atoms with van der Waals surface area (Å²) in [5.41, 5.74) is 1.37. The van der Waals surface area contributed by atoms with Crippen LogP contribution in [0.5, 0.6) is 0 Å². The molecule has 0 radical (unpaired) electrons. The van der Waals surface area contributed by atoms with Crippen LogP contribution in [0.15, 0.2) is 0 Å². The molecule has 4 heteroatoms. The van der Waals surface area contributed by atoms with Crippen molar-refractivity contribution in [1.29, 1.82) is 0 Å². The third-order valence-corrected chi connectivity index (χ3v) is 4.01. The Morgan fingerprint density at radius 2 is 2.19 bits per heavy atom. The van der Waals surface area contributed by atoms with Crippen LogP contribution in [0.2, 0.25) is 0 Å². The molecule has 16 heavy (non-hydrogen) atoms. The normalized spacial score (nSPS) is 18.2. The zero-order chi connectivity index (χ0) is 11.8. The number of thiazole rings is 1. The Hall–Kier alpha value is -0.450. The number of ether oxygens (including phenoxy) is 1. The van der Waals surface area contributed by atoms with Crippen molar-refractivity contribution in [1.82, 2.24) is 10.3 Å². The fourth-order valence-electron chi connectivity index (χ4n) is 2.08. The predicted octanol–water partition coefficient (Wildman–Crippen LogP) is 2.52. The monoisotopic (exact) mass is 240 g/mol. The molecule has 1 N–H and O–H groups in total. The highest BCUT2D eigenvalue weighted by molar-refractivity contribution is 7.11. The Bertz CT molecular complexity index is 344. The zero-order valence-electron chi connectivity index (χ0n) is 10.5. The van der Waals surface area contributed by atoms with Gasteiger partial charge in [-0.2, -0.15) is 0 Å². The second kappa shape index (κ2) is 4.43. The summed E-state index contributed by atoms with van der Waals surface area (Å²) in [5.74, 6) is 0. The zero-order valence-corrected chi connectivity index (χ0v) is 11.3. The molecular formula is C12H20N2OS. The van der Waals surface area contributed by atoms with E-state index in [4.69, 9.17) is 9.72 Å². The molecule has 2 heterocycles. The molecule has 0 bridgehead atoms. The standard InChI is InChI=1S/C12H20N2OS/c1-12(2,3)10(15-4)11-14-8-5-6-13-7-9(8)16-11/h10,13H,5-7H2,1-4H3. The summed E-state index contributed by atoms with van der Waals surface area (Å²) in [4.78, 5) is 6.12. The number of aromatic nitrogens is 1. The van der Waals surface area contributed by atoms with E-state index < -0.39 is 0 Å². The van der Waals surface area contributed by atoms with Crippen LogP contribution < -0.4 is 5.32 Å². The fraction of sp³-hybridized carbons (Fsp3) is 0.750. The molecule has 1 aromatic heterocycles. The lowest BCUT2D eigenvalue weighted by Gasteiger charge is -2.27. The van der Waals surface area contributed by atoms with Gasteiger partial charge in [-0.3, -0.25) is 0 Å². The molecule has 0 spiro atoms. The van der Waals surface area contributed by atoms with E-state index in [9.17, 15) is 0 Å². The second-order valence-corrected chi connectivity index (χ2v) is 6.45. The highest BCUT2D eigenvalue weighted by Crippen LogP contribution is 2.38. The average molecular weight is 240 g/mol. The molecule has 0 fully saturated rings. The lowest BCUT2D eigenvalue weighted by molar-refractivity contribution is 0.0149. The largest absolute Gasteiger partial charge is 0.374 e. The SMILES string of the molecule is COC(c1nc2c(s1)CNCC2)C(C)(C)C. The van der Waals surface area contributed by atoms with Gasteiger partial charge in [-0.05, 0) is 5.41 Å². The predicted molar refractivity (Wildman–Crippen MR) is 66.7 cm³/mol. The number of nitrogens with one attached hydrogen (secondary N) is 1. The number of nitrogens with zero attached hydrogens (tertiary/aromatic N) is 1. The van der Waals surface area contributed by atoms with Crippen molar-refractivity contribution >= 4 is 11.3 Å². The van der Waals surface area contributed by atoms with Crippen molar-refractivity contribution in [2.75, 3.05) is 13.7 Å². The third-order valence-electron chi connectivity index (χ3n) is 2.87. The Balaban J connectivity index is 2.29.